The molecule has 1 aliphatic heterocycles. The highest BCUT2D eigenvalue weighted by molar-refractivity contribution is 5.92. The average molecular weight is 550 g/mol. The summed E-state index contributed by atoms with van der Waals surface area (Å²) in [6.07, 6.45) is 8.91. The van der Waals surface area contributed by atoms with Gasteiger partial charge < -0.3 is 24.3 Å². The van der Waals surface area contributed by atoms with Gasteiger partial charge in [0.05, 0.1) is 30.7 Å². The third kappa shape index (κ3) is 5.46. The number of ether oxygens (including phenoxy) is 1. The molecule has 0 spiro atoms. The molecule has 1 N–H and O–H groups in total. The molecule has 3 aliphatic carbocycles. The molecule has 3 aromatic rings. The van der Waals surface area contributed by atoms with E-state index in [-0.39, 0.29) is 23.6 Å². The van der Waals surface area contributed by atoms with Crippen LogP contribution in [0.15, 0.2) is 36.8 Å². The highest BCUT2D eigenvalue weighted by atomic mass is 19.1. The number of anilines is 1. The minimum atomic E-state index is -1.02. The fourth-order valence-electron chi connectivity index (χ4n) is 6.31. The molecule has 4 aliphatic rings. The van der Waals surface area contributed by atoms with Crippen LogP contribution in [0.25, 0.3) is 5.65 Å². The van der Waals surface area contributed by atoms with E-state index < -0.39 is 17.4 Å². The van der Waals surface area contributed by atoms with Gasteiger partial charge in [-0.2, -0.15) is 5.10 Å². The zero-order chi connectivity index (χ0) is 28.1. The van der Waals surface area contributed by atoms with Crippen LogP contribution < -0.4 is 10.2 Å². The van der Waals surface area contributed by atoms with Crippen LogP contribution in [0.1, 0.15) is 74.6 Å². The fraction of sp³-hybridized carbons (Fsp3) is 0.552. The lowest BCUT2D eigenvalue weighted by atomic mass is 9.42. The number of pyridine rings is 1. The number of imidazole rings is 1. The summed E-state index contributed by atoms with van der Waals surface area (Å²) < 4.78 is 21.7. The van der Waals surface area contributed by atoms with Crippen molar-refractivity contribution >= 4 is 23.3 Å². The lowest BCUT2D eigenvalue weighted by molar-refractivity contribution is -0.220. The molecule has 0 unspecified atom stereocenters. The van der Waals surface area contributed by atoms with Crippen molar-refractivity contribution in [3.05, 3.63) is 53.7 Å². The second-order valence-corrected chi connectivity index (χ2v) is 12.7. The Balaban J connectivity index is 1.11. The number of rotatable bonds is 8. The van der Waals surface area contributed by atoms with E-state index in [1.54, 1.807) is 17.2 Å². The molecule has 1 saturated heterocycles. The Morgan fingerprint density at radius 3 is 2.60 bits per heavy atom. The normalized spacial score (nSPS) is 23.4. The maximum absolute atomic E-state index is 14.2. The number of halogens is 1. The molecule has 212 valence electrons. The Bertz CT molecular complexity index is 1420. The first-order valence-electron chi connectivity index (χ1n) is 14.0. The van der Waals surface area contributed by atoms with Crippen LogP contribution in [-0.4, -0.2) is 67.4 Å². The molecule has 3 saturated carbocycles. The van der Waals surface area contributed by atoms with E-state index in [0.29, 0.717) is 38.0 Å². The highest BCUT2D eigenvalue weighted by Gasteiger charge is 2.69. The van der Waals surface area contributed by atoms with Gasteiger partial charge in [-0.3, -0.25) is 4.79 Å². The van der Waals surface area contributed by atoms with Gasteiger partial charge in [0.15, 0.2) is 5.69 Å². The smallest absolute Gasteiger partial charge is 0.410 e. The Hall–Kier alpha value is -3.76. The zero-order valence-electron chi connectivity index (χ0n) is 23.3. The molecule has 4 heterocycles. The standard InChI is InChI=1S/C29H36FN7O3/c1-27(2,3)40-26(39)37(19-28-16-29(30,17-28)18-28)14-20-6-7-24-33-21(15-36(24)13-20)11-31-25(38)23-10-22(12-32-34-23)35-8-4-5-9-35/h6-7,10,12-13,15H,4-5,8-9,11,14,16-19H2,1-3H3,(H,31,38). The summed E-state index contributed by atoms with van der Waals surface area (Å²) >= 11 is 0. The van der Waals surface area contributed by atoms with E-state index in [1.807, 2.05) is 49.7 Å². The number of nitrogens with zero attached hydrogens (tertiary/aromatic N) is 6. The van der Waals surface area contributed by atoms with Crippen molar-refractivity contribution in [2.24, 2.45) is 5.41 Å². The van der Waals surface area contributed by atoms with Crippen LogP contribution in [-0.2, 0) is 17.8 Å². The number of hydrogen-bond donors (Lipinski definition) is 1. The van der Waals surface area contributed by atoms with Crippen LogP contribution in [0.3, 0.4) is 0 Å². The van der Waals surface area contributed by atoms with E-state index in [2.05, 4.69) is 25.4 Å². The van der Waals surface area contributed by atoms with Crippen molar-refractivity contribution in [2.45, 2.75) is 77.2 Å². The molecule has 7 rings (SSSR count). The second kappa shape index (κ2) is 9.71. The van der Waals surface area contributed by atoms with Crippen molar-refractivity contribution in [2.75, 3.05) is 24.5 Å². The molecular formula is C29H36FN7O3. The summed E-state index contributed by atoms with van der Waals surface area (Å²) in [5.74, 6) is -0.303. The summed E-state index contributed by atoms with van der Waals surface area (Å²) in [5.41, 5.74) is 1.74. The number of alkyl halides is 1. The van der Waals surface area contributed by atoms with E-state index in [4.69, 9.17) is 4.74 Å². The summed E-state index contributed by atoms with van der Waals surface area (Å²) in [6.45, 7) is 8.52. The maximum Gasteiger partial charge on any atom is 0.410 e. The van der Waals surface area contributed by atoms with Gasteiger partial charge in [-0.1, -0.05) is 6.07 Å². The van der Waals surface area contributed by atoms with E-state index in [0.717, 1.165) is 42.8 Å². The molecule has 4 fully saturated rings. The highest BCUT2D eigenvalue weighted by Crippen LogP contribution is 2.69. The number of nitrogens with one attached hydrogen (secondary N) is 1. The third-order valence-corrected chi connectivity index (χ3v) is 7.96. The predicted octanol–water partition coefficient (Wildman–Crippen LogP) is 4.28. The average Bonchev–Trinajstić information content (AvgIpc) is 3.54. The number of aromatic nitrogens is 4. The van der Waals surface area contributed by atoms with Crippen molar-refractivity contribution in [3.8, 4) is 0 Å². The van der Waals surface area contributed by atoms with Gasteiger partial charge in [0, 0.05) is 32.0 Å². The molecule has 11 heteroatoms. The first-order valence-corrected chi connectivity index (χ1v) is 14.0. The van der Waals surface area contributed by atoms with Crippen molar-refractivity contribution in [1.82, 2.24) is 29.8 Å². The van der Waals surface area contributed by atoms with E-state index >= 15 is 0 Å². The largest absolute Gasteiger partial charge is 0.444 e. The molecule has 2 bridgehead atoms. The maximum atomic E-state index is 14.2. The SMILES string of the molecule is CC(C)(C)OC(=O)N(Cc1ccc2nc(CNC(=O)c3cc(N4CCCC4)cnn3)cn2c1)CC12CC(F)(C1)C2. The molecule has 2 amide bonds. The first-order chi connectivity index (χ1) is 19.0. The van der Waals surface area contributed by atoms with Gasteiger partial charge in [-0.15, -0.1) is 5.10 Å². The lowest BCUT2D eigenvalue weighted by Crippen LogP contribution is -2.68. The quantitative estimate of drug-likeness (QED) is 0.447. The van der Waals surface area contributed by atoms with Crippen LogP contribution in [0.4, 0.5) is 14.9 Å². The van der Waals surface area contributed by atoms with Gasteiger partial charge in [-0.05, 0) is 76.0 Å². The Labute approximate surface area is 232 Å². The van der Waals surface area contributed by atoms with Gasteiger partial charge in [0.2, 0.25) is 0 Å². The number of carbonyl (C=O) groups is 2. The minimum Gasteiger partial charge on any atom is -0.444 e. The van der Waals surface area contributed by atoms with Gasteiger partial charge in [-0.25, -0.2) is 14.2 Å². The van der Waals surface area contributed by atoms with Crippen molar-refractivity contribution < 1.29 is 18.7 Å². The molecule has 0 atom stereocenters. The number of hydrogen-bond acceptors (Lipinski definition) is 7. The van der Waals surface area contributed by atoms with Gasteiger partial charge in [0.1, 0.15) is 16.9 Å². The van der Waals surface area contributed by atoms with Crippen molar-refractivity contribution in [3.63, 3.8) is 0 Å². The minimum absolute atomic E-state index is 0.130. The van der Waals surface area contributed by atoms with Crippen LogP contribution >= 0.6 is 0 Å². The predicted molar refractivity (Wildman–Crippen MR) is 147 cm³/mol. The molecular weight excluding hydrogens is 513 g/mol. The van der Waals surface area contributed by atoms with Crippen LogP contribution in [0.5, 0.6) is 0 Å². The second-order valence-electron chi connectivity index (χ2n) is 12.7. The summed E-state index contributed by atoms with van der Waals surface area (Å²) in [5, 5.41) is 10.9. The topological polar surface area (TPSA) is 105 Å². The molecule has 40 heavy (non-hydrogen) atoms. The zero-order valence-corrected chi connectivity index (χ0v) is 23.3. The van der Waals surface area contributed by atoms with Gasteiger partial charge in [0.25, 0.3) is 5.91 Å². The number of amides is 2. The van der Waals surface area contributed by atoms with Gasteiger partial charge >= 0.3 is 6.09 Å². The molecule has 10 nitrogen and oxygen atoms in total. The summed E-state index contributed by atoms with van der Waals surface area (Å²) in [4.78, 5) is 34.3. The van der Waals surface area contributed by atoms with Crippen LogP contribution in [0.2, 0.25) is 0 Å². The van der Waals surface area contributed by atoms with E-state index in [9.17, 15) is 14.0 Å². The van der Waals surface area contributed by atoms with Crippen LogP contribution in [0, 0.1) is 5.41 Å². The Kier molecular flexibility index (Phi) is 6.42. The number of fused-ring (bicyclic) bond motifs is 1. The lowest BCUT2D eigenvalue weighted by Gasteiger charge is -2.66. The summed E-state index contributed by atoms with van der Waals surface area (Å²) in [6, 6.07) is 5.59. The van der Waals surface area contributed by atoms with E-state index in [1.165, 1.54) is 0 Å². The number of carbonyl (C=O) groups excluding carboxylic acids is 2. The Morgan fingerprint density at radius 2 is 1.90 bits per heavy atom. The molecule has 0 aromatic carbocycles. The first kappa shape index (κ1) is 26.5. The third-order valence-electron chi connectivity index (χ3n) is 7.96. The fourth-order valence-corrected chi connectivity index (χ4v) is 6.31. The summed E-state index contributed by atoms with van der Waals surface area (Å²) in [7, 11) is 0. The van der Waals surface area contributed by atoms with Crippen molar-refractivity contribution in [1.29, 1.82) is 0 Å². The Morgan fingerprint density at radius 1 is 1.15 bits per heavy atom. The monoisotopic (exact) mass is 549 g/mol. The molecule has 3 aromatic heterocycles. The molecule has 0 radical (unpaired) electrons.